The third kappa shape index (κ3) is 3.05. The van der Waals surface area contributed by atoms with E-state index >= 15 is 0 Å². The number of carbonyl (C=O) groups is 1. The first kappa shape index (κ1) is 10.5. The van der Waals surface area contributed by atoms with E-state index in [0.717, 1.165) is 0 Å². The van der Waals surface area contributed by atoms with E-state index in [4.69, 9.17) is 9.84 Å². The molecule has 3 nitrogen and oxygen atoms in total. The van der Waals surface area contributed by atoms with Gasteiger partial charge < -0.3 is 9.84 Å². The van der Waals surface area contributed by atoms with E-state index < -0.39 is 12.1 Å². The first-order chi connectivity index (χ1) is 6.59. The van der Waals surface area contributed by atoms with Gasteiger partial charge in [0.25, 0.3) is 0 Å². The largest absolute Gasteiger partial charge is 0.491 e. The zero-order chi connectivity index (χ0) is 10.6. The van der Waals surface area contributed by atoms with Crippen molar-refractivity contribution in [1.82, 2.24) is 0 Å². The molecule has 0 aliphatic heterocycles. The van der Waals surface area contributed by atoms with Crippen LogP contribution in [0.25, 0.3) is 0 Å². The molecule has 1 rings (SSSR count). The van der Waals surface area contributed by atoms with Crippen LogP contribution in [0.2, 0.25) is 0 Å². The quantitative estimate of drug-likeness (QED) is 0.806. The van der Waals surface area contributed by atoms with Gasteiger partial charge in [0, 0.05) is 0 Å². The minimum Gasteiger partial charge on any atom is -0.491 e. The maximum absolute atomic E-state index is 12.4. The van der Waals surface area contributed by atoms with Gasteiger partial charge in [0.15, 0.2) is 0 Å². The minimum absolute atomic E-state index is 0.0664. The molecule has 1 aromatic rings. The zero-order valence-electron chi connectivity index (χ0n) is 7.74. The predicted molar refractivity (Wildman–Crippen MR) is 49.5 cm³/mol. The molecule has 0 radical (unpaired) electrons. The van der Waals surface area contributed by atoms with Crippen LogP contribution in [0.1, 0.15) is 17.3 Å². The van der Waals surface area contributed by atoms with E-state index in [9.17, 15) is 9.18 Å². The SMILES string of the molecule is CC(F)COc1cccc(C(=O)O)c1. The Morgan fingerprint density at radius 2 is 2.36 bits per heavy atom. The summed E-state index contributed by atoms with van der Waals surface area (Å²) in [6.07, 6.45) is -1.07. The summed E-state index contributed by atoms with van der Waals surface area (Å²) in [5.41, 5.74) is 0.133. The van der Waals surface area contributed by atoms with Crippen LogP contribution in [0.5, 0.6) is 5.75 Å². The van der Waals surface area contributed by atoms with Crippen LogP contribution in [-0.4, -0.2) is 23.9 Å². The molecule has 0 aliphatic rings. The van der Waals surface area contributed by atoms with E-state index in [2.05, 4.69) is 0 Å². The summed E-state index contributed by atoms with van der Waals surface area (Å²) in [6.45, 7) is 1.31. The monoisotopic (exact) mass is 198 g/mol. The van der Waals surface area contributed by atoms with Gasteiger partial charge in [-0.1, -0.05) is 6.07 Å². The lowest BCUT2D eigenvalue weighted by Crippen LogP contribution is -2.08. The number of hydrogen-bond donors (Lipinski definition) is 1. The van der Waals surface area contributed by atoms with Gasteiger partial charge in [0.05, 0.1) is 5.56 Å². The second-order valence-electron chi connectivity index (χ2n) is 2.92. The third-order valence-electron chi connectivity index (χ3n) is 1.56. The zero-order valence-corrected chi connectivity index (χ0v) is 7.74. The average Bonchev–Trinajstić information content (AvgIpc) is 2.15. The molecule has 76 valence electrons. The molecule has 0 saturated heterocycles. The first-order valence-corrected chi connectivity index (χ1v) is 4.20. The smallest absolute Gasteiger partial charge is 0.335 e. The molecule has 14 heavy (non-hydrogen) atoms. The number of carboxylic acid groups (broad SMARTS) is 1. The van der Waals surface area contributed by atoms with Crippen molar-refractivity contribution in [3.8, 4) is 5.75 Å². The summed E-state index contributed by atoms with van der Waals surface area (Å²) in [5, 5.41) is 8.66. The van der Waals surface area contributed by atoms with Crippen LogP contribution in [-0.2, 0) is 0 Å². The van der Waals surface area contributed by atoms with Gasteiger partial charge >= 0.3 is 5.97 Å². The fraction of sp³-hybridized carbons (Fsp3) is 0.300. The van der Waals surface area contributed by atoms with Gasteiger partial charge in [0.1, 0.15) is 18.5 Å². The van der Waals surface area contributed by atoms with E-state index in [-0.39, 0.29) is 12.2 Å². The number of hydrogen-bond acceptors (Lipinski definition) is 2. The summed E-state index contributed by atoms with van der Waals surface area (Å²) in [5.74, 6) is -0.654. The Hall–Kier alpha value is -1.58. The molecule has 0 heterocycles. The van der Waals surface area contributed by atoms with E-state index in [0.29, 0.717) is 5.75 Å². The second-order valence-corrected chi connectivity index (χ2v) is 2.92. The number of alkyl halides is 1. The number of aromatic carboxylic acids is 1. The minimum atomic E-state index is -1.07. The molecule has 0 amide bonds. The molecule has 1 aromatic carbocycles. The fourth-order valence-corrected chi connectivity index (χ4v) is 0.930. The highest BCUT2D eigenvalue weighted by Crippen LogP contribution is 2.13. The van der Waals surface area contributed by atoms with Crippen molar-refractivity contribution >= 4 is 5.97 Å². The lowest BCUT2D eigenvalue weighted by molar-refractivity contribution is 0.0696. The van der Waals surface area contributed by atoms with Gasteiger partial charge in [-0.05, 0) is 25.1 Å². The highest BCUT2D eigenvalue weighted by atomic mass is 19.1. The maximum Gasteiger partial charge on any atom is 0.335 e. The van der Waals surface area contributed by atoms with Crippen molar-refractivity contribution in [2.45, 2.75) is 13.1 Å². The molecule has 0 spiro atoms. The molecule has 1 N–H and O–H groups in total. The Labute approximate surface area is 81.1 Å². The summed E-state index contributed by atoms with van der Waals surface area (Å²) in [6, 6.07) is 5.97. The molecular weight excluding hydrogens is 187 g/mol. The molecule has 0 aliphatic carbocycles. The van der Waals surface area contributed by atoms with Crippen LogP contribution in [0.15, 0.2) is 24.3 Å². The Kier molecular flexibility index (Phi) is 3.45. The van der Waals surface area contributed by atoms with Gasteiger partial charge in [-0.2, -0.15) is 0 Å². The molecule has 0 aromatic heterocycles. The molecule has 1 unspecified atom stereocenters. The van der Waals surface area contributed by atoms with Crippen molar-refractivity contribution in [3.05, 3.63) is 29.8 Å². The number of ether oxygens (including phenoxy) is 1. The number of carboxylic acids is 1. The predicted octanol–water partition coefficient (Wildman–Crippen LogP) is 2.12. The van der Waals surface area contributed by atoms with E-state index in [1.54, 1.807) is 12.1 Å². The van der Waals surface area contributed by atoms with Crippen molar-refractivity contribution in [2.24, 2.45) is 0 Å². The average molecular weight is 198 g/mol. The van der Waals surface area contributed by atoms with Gasteiger partial charge in [-0.25, -0.2) is 9.18 Å². The number of rotatable bonds is 4. The second kappa shape index (κ2) is 4.60. The van der Waals surface area contributed by atoms with Crippen LogP contribution >= 0.6 is 0 Å². The Balaban J connectivity index is 2.69. The third-order valence-corrected chi connectivity index (χ3v) is 1.56. The topological polar surface area (TPSA) is 46.5 Å². The number of benzene rings is 1. The van der Waals surface area contributed by atoms with E-state index in [1.165, 1.54) is 19.1 Å². The summed E-state index contributed by atoms with van der Waals surface area (Å²) < 4.78 is 17.4. The lowest BCUT2D eigenvalue weighted by Gasteiger charge is -2.06. The highest BCUT2D eigenvalue weighted by molar-refractivity contribution is 5.87. The van der Waals surface area contributed by atoms with Crippen molar-refractivity contribution in [3.63, 3.8) is 0 Å². The van der Waals surface area contributed by atoms with Crippen molar-refractivity contribution in [2.75, 3.05) is 6.61 Å². The van der Waals surface area contributed by atoms with Crippen LogP contribution < -0.4 is 4.74 Å². The van der Waals surface area contributed by atoms with Gasteiger partial charge in [-0.15, -0.1) is 0 Å². The highest BCUT2D eigenvalue weighted by Gasteiger charge is 2.04. The first-order valence-electron chi connectivity index (χ1n) is 4.20. The van der Waals surface area contributed by atoms with Crippen molar-refractivity contribution < 1.29 is 19.0 Å². The standard InChI is InChI=1S/C10H11FO3/c1-7(11)6-14-9-4-2-3-8(5-9)10(12)13/h2-5,7H,6H2,1H3,(H,12,13). The molecule has 0 saturated carbocycles. The molecule has 0 bridgehead atoms. The summed E-state index contributed by atoms with van der Waals surface area (Å²) in [7, 11) is 0. The van der Waals surface area contributed by atoms with Gasteiger partial charge in [-0.3, -0.25) is 0 Å². The van der Waals surface area contributed by atoms with Crippen molar-refractivity contribution in [1.29, 1.82) is 0 Å². The summed E-state index contributed by atoms with van der Waals surface area (Å²) >= 11 is 0. The molecule has 1 atom stereocenters. The maximum atomic E-state index is 12.4. The van der Waals surface area contributed by atoms with Crippen LogP contribution in [0, 0.1) is 0 Å². The Bertz CT molecular complexity index is 323. The van der Waals surface area contributed by atoms with Crippen LogP contribution in [0.3, 0.4) is 0 Å². The Morgan fingerprint density at radius 3 is 2.93 bits per heavy atom. The van der Waals surface area contributed by atoms with Gasteiger partial charge in [0.2, 0.25) is 0 Å². The molecular formula is C10H11FO3. The van der Waals surface area contributed by atoms with Crippen LogP contribution in [0.4, 0.5) is 4.39 Å². The van der Waals surface area contributed by atoms with E-state index in [1.807, 2.05) is 0 Å². The number of halogens is 1. The Morgan fingerprint density at radius 1 is 1.64 bits per heavy atom. The fourth-order valence-electron chi connectivity index (χ4n) is 0.930. The molecule has 0 fully saturated rings. The summed E-state index contributed by atoms with van der Waals surface area (Å²) in [4.78, 5) is 10.6. The molecule has 4 heteroatoms. The normalized spacial score (nSPS) is 12.1. The lowest BCUT2D eigenvalue weighted by atomic mass is 10.2.